The average Bonchev–Trinajstić information content (AvgIpc) is 2.39. The Morgan fingerprint density at radius 2 is 1.43 bits per heavy atom. The molecule has 1 heteroatoms. The normalized spacial score (nSPS) is 53.9. The van der Waals surface area contributed by atoms with Gasteiger partial charge in [-0.15, -0.1) is 0 Å². The van der Waals surface area contributed by atoms with Gasteiger partial charge in [0.25, 0.3) is 0 Å². The molecule has 0 amide bonds. The molecule has 0 aromatic heterocycles. The molecule has 4 unspecified atom stereocenters. The maximum atomic E-state index is 6.78. The molecular formula is C20H35N. The highest BCUT2D eigenvalue weighted by molar-refractivity contribution is 5.03. The molecule has 5 aliphatic rings. The fourth-order valence-electron chi connectivity index (χ4n) is 7.18. The minimum Gasteiger partial charge on any atom is -0.327 e. The van der Waals surface area contributed by atoms with Crippen LogP contribution in [-0.2, 0) is 0 Å². The van der Waals surface area contributed by atoms with Crippen molar-refractivity contribution in [2.24, 2.45) is 46.7 Å². The van der Waals surface area contributed by atoms with Gasteiger partial charge >= 0.3 is 0 Å². The zero-order valence-electron chi connectivity index (χ0n) is 14.2. The summed E-state index contributed by atoms with van der Waals surface area (Å²) >= 11 is 0. The molecule has 5 fully saturated rings. The Morgan fingerprint density at radius 1 is 0.857 bits per heavy atom. The van der Waals surface area contributed by atoms with E-state index in [1.54, 1.807) is 19.3 Å². The van der Waals surface area contributed by atoms with Gasteiger partial charge in [0.05, 0.1) is 0 Å². The van der Waals surface area contributed by atoms with E-state index in [-0.39, 0.29) is 0 Å². The molecule has 0 spiro atoms. The molecule has 0 aliphatic heterocycles. The molecule has 5 aliphatic carbocycles. The average molecular weight is 290 g/mol. The quantitative estimate of drug-likeness (QED) is 0.778. The van der Waals surface area contributed by atoms with E-state index < -0.39 is 0 Å². The van der Waals surface area contributed by atoms with Gasteiger partial charge in [-0.25, -0.2) is 0 Å². The number of rotatable bonds is 3. The number of nitrogens with two attached hydrogens (primary N) is 1. The fourth-order valence-corrected chi connectivity index (χ4v) is 7.18. The van der Waals surface area contributed by atoms with Gasteiger partial charge in [0.2, 0.25) is 0 Å². The summed E-state index contributed by atoms with van der Waals surface area (Å²) in [5.74, 6) is 5.87. The van der Waals surface area contributed by atoms with Crippen LogP contribution in [0.1, 0.15) is 78.1 Å². The highest BCUT2D eigenvalue weighted by Gasteiger charge is 2.51. The molecule has 120 valence electrons. The molecule has 0 aromatic carbocycles. The number of hydrogen-bond acceptors (Lipinski definition) is 1. The van der Waals surface area contributed by atoms with E-state index >= 15 is 0 Å². The van der Waals surface area contributed by atoms with Gasteiger partial charge < -0.3 is 5.73 Å². The van der Waals surface area contributed by atoms with Crippen LogP contribution in [0.25, 0.3) is 0 Å². The summed E-state index contributed by atoms with van der Waals surface area (Å²) in [6.07, 6.45) is 14.9. The molecule has 2 N–H and O–H groups in total. The van der Waals surface area contributed by atoms with E-state index in [1.165, 1.54) is 44.9 Å². The minimum absolute atomic E-state index is 0.496. The summed E-state index contributed by atoms with van der Waals surface area (Å²) < 4.78 is 0. The Bertz CT molecular complexity index is 352. The van der Waals surface area contributed by atoms with E-state index in [4.69, 9.17) is 5.73 Å². The molecule has 21 heavy (non-hydrogen) atoms. The first-order valence-electron chi connectivity index (χ1n) is 9.78. The van der Waals surface area contributed by atoms with Crippen molar-refractivity contribution in [3.8, 4) is 0 Å². The summed E-state index contributed by atoms with van der Waals surface area (Å²) in [7, 11) is 0. The van der Waals surface area contributed by atoms with Crippen LogP contribution < -0.4 is 5.73 Å². The largest absolute Gasteiger partial charge is 0.327 e. The first-order chi connectivity index (χ1) is 10.0. The third kappa shape index (κ3) is 2.69. The Balaban J connectivity index is 1.41. The molecule has 0 saturated heterocycles. The molecule has 0 radical (unpaired) electrons. The predicted octanol–water partition coefficient (Wildman–Crippen LogP) is 4.99. The standard InChI is InChI=1S/C20H35N/c1-13-3-4-18(5-14(13)2)19(21)12-20-9-15-6-16(10-20)8-17(7-15)11-20/h13-19H,3-12,21H2,1-2H3. The van der Waals surface area contributed by atoms with E-state index in [2.05, 4.69) is 13.8 Å². The SMILES string of the molecule is CC1CCC(C(N)CC23CC4CC(CC(C4)C2)C3)CC1C. The smallest absolute Gasteiger partial charge is 0.00725 e. The maximum absolute atomic E-state index is 6.78. The highest BCUT2D eigenvalue weighted by atomic mass is 14.7. The van der Waals surface area contributed by atoms with Crippen molar-refractivity contribution >= 4 is 0 Å². The van der Waals surface area contributed by atoms with E-state index in [0.717, 1.165) is 35.5 Å². The zero-order valence-corrected chi connectivity index (χ0v) is 14.2. The number of hydrogen-bond donors (Lipinski definition) is 1. The van der Waals surface area contributed by atoms with Crippen molar-refractivity contribution in [1.82, 2.24) is 0 Å². The van der Waals surface area contributed by atoms with Gasteiger partial charge in [0.15, 0.2) is 0 Å². The molecule has 5 saturated carbocycles. The monoisotopic (exact) mass is 289 g/mol. The van der Waals surface area contributed by atoms with Crippen LogP contribution in [0.4, 0.5) is 0 Å². The summed E-state index contributed by atoms with van der Waals surface area (Å²) in [6, 6.07) is 0.496. The topological polar surface area (TPSA) is 26.0 Å². The van der Waals surface area contributed by atoms with Crippen LogP contribution in [0, 0.1) is 40.9 Å². The van der Waals surface area contributed by atoms with Crippen molar-refractivity contribution < 1.29 is 0 Å². The van der Waals surface area contributed by atoms with Crippen molar-refractivity contribution in [1.29, 1.82) is 0 Å². The van der Waals surface area contributed by atoms with Crippen molar-refractivity contribution in [2.75, 3.05) is 0 Å². The lowest BCUT2D eigenvalue weighted by atomic mass is 9.48. The van der Waals surface area contributed by atoms with Gasteiger partial charge in [-0.3, -0.25) is 0 Å². The summed E-state index contributed by atoms with van der Waals surface area (Å²) in [6.45, 7) is 4.89. The lowest BCUT2D eigenvalue weighted by Gasteiger charge is -2.58. The zero-order chi connectivity index (χ0) is 14.6. The van der Waals surface area contributed by atoms with Crippen molar-refractivity contribution in [3.05, 3.63) is 0 Å². The molecule has 1 nitrogen and oxygen atoms in total. The predicted molar refractivity (Wildman–Crippen MR) is 88.9 cm³/mol. The molecule has 5 rings (SSSR count). The van der Waals surface area contributed by atoms with E-state index in [1.807, 2.05) is 0 Å². The maximum Gasteiger partial charge on any atom is 0.00725 e. The first kappa shape index (κ1) is 14.5. The Labute approximate surface area is 131 Å². The van der Waals surface area contributed by atoms with Crippen molar-refractivity contribution in [3.63, 3.8) is 0 Å². The molecule has 0 aromatic rings. The van der Waals surface area contributed by atoms with Gasteiger partial charge in [-0.1, -0.05) is 20.3 Å². The molecule has 4 atom stereocenters. The van der Waals surface area contributed by atoms with E-state index in [9.17, 15) is 0 Å². The van der Waals surface area contributed by atoms with Gasteiger partial charge in [0.1, 0.15) is 0 Å². The Morgan fingerprint density at radius 3 is 1.95 bits per heavy atom. The Kier molecular flexibility index (Phi) is 3.64. The molecular weight excluding hydrogens is 254 g/mol. The lowest BCUT2D eigenvalue weighted by molar-refractivity contribution is -0.0643. The van der Waals surface area contributed by atoms with Crippen LogP contribution in [-0.4, -0.2) is 6.04 Å². The lowest BCUT2D eigenvalue weighted by Crippen LogP contribution is -2.49. The van der Waals surface area contributed by atoms with Gasteiger partial charge in [-0.2, -0.15) is 0 Å². The van der Waals surface area contributed by atoms with Crippen LogP contribution in [0.2, 0.25) is 0 Å². The first-order valence-corrected chi connectivity index (χ1v) is 9.78. The summed E-state index contributed by atoms with van der Waals surface area (Å²) in [4.78, 5) is 0. The molecule has 0 heterocycles. The third-order valence-corrected chi connectivity index (χ3v) is 8.08. The van der Waals surface area contributed by atoms with Crippen molar-refractivity contribution in [2.45, 2.75) is 84.1 Å². The summed E-state index contributed by atoms with van der Waals surface area (Å²) in [5, 5.41) is 0. The second-order valence-corrected chi connectivity index (χ2v) is 9.81. The van der Waals surface area contributed by atoms with Gasteiger partial charge in [0, 0.05) is 6.04 Å². The fraction of sp³-hybridized carbons (Fsp3) is 1.00. The second-order valence-electron chi connectivity index (χ2n) is 9.81. The van der Waals surface area contributed by atoms with Crippen LogP contribution in [0.5, 0.6) is 0 Å². The van der Waals surface area contributed by atoms with Crippen LogP contribution in [0.15, 0.2) is 0 Å². The van der Waals surface area contributed by atoms with Crippen LogP contribution >= 0.6 is 0 Å². The van der Waals surface area contributed by atoms with Gasteiger partial charge in [-0.05, 0) is 98.7 Å². The highest BCUT2D eigenvalue weighted by Crippen LogP contribution is 2.62. The van der Waals surface area contributed by atoms with Crippen LogP contribution in [0.3, 0.4) is 0 Å². The van der Waals surface area contributed by atoms with E-state index in [0.29, 0.717) is 11.5 Å². The third-order valence-electron chi connectivity index (χ3n) is 8.08. The summed E-state index contributed by atoms with van der Waals surface area (Å²) in [5.41, 5.74) is 7.46. The minimum atomic E-state index is 0.496. The second kappa shape index (κ2) is 5.25. The Hall–Kier alpha value is -0.0400. The molecule has 4 bridgehead atoms.